The van der Waals surface area contributed by atoms with Crippen molar-refractivity contribution in [3.8, 4) is 0 Å². The van der Waals surface area contributed by atoms with Crippen molar-refractivity contribution in [2.75, 3.05) is 26.3 Å². The molecular formula is C19H26Cl2N2O2. The minimum absolute atomic E-state index is 0.0323. The van der Waals surface area contributed by atoms with Gasteiger partial charge in [0.15, 0.2) is 0 Å². The fourth-order valence-corrected chi connectivity index (χ4v) is 4.37. The van der Waals surface area contributed by atoms with Crippen LogP contribution in [0.3, 0.4) is 0 Å². The van der Waals surface area contributed by atoms with Crippen molar-refractivity contribution in [2.45, 2.75) is 44.7 Å². The Labute approximate surface area is 159 Å². The molecule has 1 aromatic carbocycles. The highest BCUT2D eigenvalue weighted by Crippen LogP contribution is 2.32. The van der Waals surface area contributed by atoms with E-state index in [1.807, 2.05) is 6.07 Å². The number of benzene rings is 1. The van der Waals surface area contributed by atoms with Gasteiger partial charge in [-0.3, -0.25) is 9.69 Å². The van der Waals surface area contributed by atoms with E-state index < -0.39 is 6.04 Å². The van der Waals surface area contributed by atoms with E-state index in [0.29, 0.717) is 29.2 Å². The lowest BCUT2D eigenvalue weighted by Gasteiger charge is -2.36. The molecular weight excluding hydrogens is 359 g/mol. The van der Waals surface area contributed by atoms with Crippen LogP contribution in [-0.2, 0) is 9.53 Å². The Hall–Kier alpha value is -0.810. The van der Waals surface area contributed by atoms with Crippen LogP contribution in [0.1, 0.15) is 44.2 Å². The van der Waals surface area contributed by atoms with E-state index >= 15 is 0 Å². The fraction of sp³-hybridized carbons (Fsp3) is 0.632. The van der Waals surface area contributed by atoms with Crippen LogP contribution in [0.5, 0.6) is 0 Å². The van der Waals surface area contributed by atoms with Crippen molar-refractivity contribution in [3.63, 3.8) is 0 Å². The van der Waals surface area contributed by atoms with Gasteiger partial charge in [-0.15, -0.1) is 0 Å². The van der Waals surface area contributed by atoms with Gasteiger partial charge in [-0.2, -0.15) is 0 Å². The highest BCUT2D eigenvalue weighted by atomic mass is 35.5. The number of amides is 1. The molecule has 1 N–H and O–H groups in total. The van der Waals surface area contributed by atoms with Crippen molar-refractivity contribution in [1.82, 2.24) is 10.2 Å². The molecule has 0 bridgehead atoms. The van der Waals surface area contributed by atoms with Gasteiger partial charge in [0.05, 0.1) is 13.2 Å². The zero-order chi connectivity index (χ0) is 17.8. The lowest BCUT2D eigenvalue weighted by Crippen LogP contribution is -2.49. The first kappa shape index (κ1) is 19.0. The molecule has 0 spiro atoms. The number of rotatable bonds is 4. The number of morpholine rings is 1. The van der Waals surface area contributed by atoms with Gasteiger partial charge in [-0.05, 0) is 36.5 Å². The molecule has 3 unspecified atom stereocenters. The van der Waals surface area contributed by atoms with E-state index in [1.54, 1.807) is 12.1 Å². The maximum atomic E-state index is 13.2. The van der Waals surface area contributed by atoms with Crippen LogP contribution >= 0.6 is 23.2 Å². The average Bonchev–Trinajstić information content (AvgIpc) is 2.60. The molecule has 0 radical (unpaired) electrons. The van der Waals surface area contributed by atoms with Crippen molar-refractivity contribution in [1.29, 1.82) is 0 Å². The molecule has 6 heteroatoms. The van der Waals surface area contributed by atoms with E-state index in [0.717, 1.165) is 25.1 Å². The van der Waals surface area contributed by atoms with E-state index in [-0.39, 0.29) is 11.9 Å². The smallest absolute Gasteiger partial charge is 0.242 e. The molecule has 2 fully saturated rings. The lowest BCUT2D eigenvalue weighted by atomic mass is 9.85. The van der Waals surface area contributed by atoms with Crippen molar-refractivity contribution in [2.24, 2.45) is 5.92 Å². The number of carbonyl (C=O) groups excluding carboxylic acids is 1. The molecule has 2 aliphatic rings. The lowest BCUT2D eigenvalue weighted by molar-refractivity contribution is -0.129. The highest BCUT2D eigenvalue weighted by molar-refractivity contribution is 6.35. The monoisotopic (exact) mass is 384 g/mol. The molecule has 1 amide bonds. The van der Waals surface area contributed by atoms with Gasteiger partial charge in [0.2, 0.25) is 5.91 Å². The van der Waals surface area contributed by atoms with Gasteiger partial charge in [0, 0.05) is 29.2 Å². The van der Waals surface area contributed by atoms with Gasteiger partial charge in [-0.25, -0.2) is 0 Å². The number of hydrogen-bond acceptors (Lipinski definition) is 3. The Morgan fingerprint density at radius 1 is 1.24 bits per heavy atom. The second-order valence-electron chi connectivity index (χ2n) is 7.09. The first-order chi connectivity index (χ1) is 12.1. The zero-order valence-corrected chi connectivity index (χ0v) is 16.2. The van der Waals surface area contributed by atoms with Crippen LogP contribution in [-0.4, -0.2) is 43.2 Å². The summed E-state index contributed by atoms with van der Waals surface area (Å²) >= 11 is 12.5. The van der Waals surface area contributed by atoms with Gasteiger partial charge in [-0.1, -0.05) is 49.0 Å². The van der Waals surface area contributed by atoms with E-state index in [2.05, 4.69) is 17.1 Å². The Kier molecular flexibility index (Phi) is 6.61. The van der Waals surface area contributed by atoms with Crippen LogP contribution in [0, 0.1) is 5.92 Å². The van der Waals surface area contributed by atoms with Crippen LogP contribution in [0.4, 0.5) is 0 Å². The molecule has 3 atom stereocenters. The topological polar surface area (TPSA) is 41.6 Å². The molecule has 1 aliphatic heterocycles. The van der Waals surface area contributed by atoms with Crippen LogP contribution in [0.2, 0.25) is 10.0 Å². The maximum absolute atomic E-state index is 13.2. The molecule has 1 aliphatic carbocycles. The van der Waals surface area contributed by atoms with Gasteiger partial charge < -0.3 is 10.1 Å². The molecule has 25 heavy (non-hydrogen) atoms. The Bertz CT molecular complexity index is 605. The number of halogens is 2. The fourth-order valence-electron chi connectivity index (χ4n) is 3.86. The van der Waals surface area contributed by atoms with Crippen molar-refractivity contribution >= 4 is 29.1 Å². The molecule has 1 aromatic rings. The van der Waals surface area contributed by atoms with Gasteiger partial charge in [0.25, 0.3) is 0 Å². The first-order valence-corrected chi connectivity index (χ1v) is 9.89. The number of carbonyl (C=O) groups is 1. The predicted octanol–water partition coefficient (Wildman–Crippen LogP) is 4.06. The standard InChI is InChI=1S/C19H26Cl2N2O2/c1-13-4-2-3-5-17(13)22-19(24)18(23-8-10-25-11-9-23)15-7-6-14(20)12-16(15)21/h6-7,12-13,17-18H,2-5,8-11H2,1H3,(H,22,24). The average molecular weight is 385 g/mol. The summed E-state index contributed by atoms with van der Waals surface area (Å²) in [5, 5.41) is 4.41. The summed E-state index contributed by atoms with van der Waals surface area (Å²) < 4.78 is 5.45. The first-order valence-electron chi connectivity index (χ1n) is 9.13. The molecule has 4 nitrogen and oxygen atoms in total. The van der Waals surface area contributed by atoms with Crippen molar-refractivity contribution < 1.29 is 9.53 Å². The largest absolute Gasteiger partial charge is 0.379 e. The summed E-state index contributed by atoms with van der Waals surface area (Å²) in [5.41, 5.74) is 0.814. The second kappa shape index (κ2) is 8.72. The van der Waals surface area contributed by atoms with Crippen LogP contribution in [0.15, 0.2) is 18.2 Å². The summed E-state index contributed by atoms with van der Waals surface area (Å²) in [6.45, 7) is 4.93. The molecule has 138 valence electrons. The third-order valence-corrected chi connectivity index (χ3v) is 5.92. The normalized spacial score (nSPS) is 26.2. The highest BCUT2D eigenvalue weighted by Gasteiger charge is 2.33. The molecule has 1 saturated heterocycles. The zero-order valence-electron chi connectivity index (χ0n) is 14.6. The molecule has 1 heterocycles. The Morgan fingerprint density at radius 3 is 2.64 bits per heavy atom. The molecule has 1 saturated carbocycles. The minimum atomic E-state index is -0.400. The summed E-state index contributed by atoms with van der Waals surface area (Å²) in [5.74, 6) is 0.550. The number of nitrogens with zero attached hydrogens (tertiary/aromatic N) is 1. The third-order valence-electron chi connectivity index (χ3n) is 5.36. The van der Waals surface area contributed by atoms with Crippen LogP contribution < -0.4 is 5.32 Å². The summed E-state index contributed by atoms with van der Waals surface area (Å²) in [4.78, 5) is 15.4. The summed E-state index contributed by atoms with van der Waals surface area (Å²) in [7, 11) is 0. The summed E-state index contributed by atoms with van der Waals surface area (Å²) in [6.07, 6.45) is 4.66. The van der Waals surface area contributed by atoms with Gasteiger partial charge in [0.1, 0.15) is 6.04 Å². The number of hydrogen-bond donors (Lipinski definition) is 1. The number of ether oxygens (including phenoxy) is 1. The predicted molar refractivity (Wildman–Crippen MR) is 101 cm³/mol. The van der Waals surface area contributed by atoms with Crippen molar-refractivity contribution in [3.05, 3.63) is 33.8 Å². The van der Waals surface area contributed by atoms with E-state index in [9.17, 15) is 4.79 Å². The van der Waals surface area contributed by atoms with E-state index in [4.69, 9.17) is 27.9 Å². The van der Waals surface area contributed by atoms with E-state index in [1.165, 1.54) is 19.3 Å². The number of nitrogens with one attached hydrogen (secondary N) is 1. The SMILES string of the molecule is CC1CCCCC1NC(=O)C(c1ccc(Cl)cc1Cl)N1CCOCC1. The van der Waals surface area contributed by atoms with Gasteiger partial charge >= 0.3 is 0 Å². The minimum Gasteiger partial charge on any atom is -0.379 e. The Balaban J connectivity index is 1.83. The second-order valence-corrected chi connectivity index (χ2v) is 7.94. The quantitative estimate of drug-likeness (QED) is 0.850. The maximum Gasteiger partial charge on any atom is 0.242 e. The molecule has 0 aromatic heterocycles. The summed E-state index contributed by atoms with van der Waals surface area (Å²) in [6, 6.07) is 5.22. The molecule has 3 rings (SSSR count). The third kappa shape index (κ3) is 4.68. The van der Waals surface area contributed by atoms with Crippen LogP contribution in [0.25, 0.3) is 0 Å². The Morgan fingerprint density at radius 2 is 1.96 bits per heavy atom.